The SMILES string of the molecule is Cl.Cl.Cl.Nc1nc(-c2cnc[nH]2)cc[n+]1[O-]. The van der Waals surface area contributed by atoms with Gasteiger partial charge in [-0.2, -0.15) is 0 Å². The first-order valence-electron chi connectivity index (χ1n) is 3.62. The molecule has 0 radical (unpaired) electrons. The molecular weight excluding hydrogens is 276 g/mol. The minimum Gasteiger partial charge on any atom is -0.740 e. The molecule has 0 bridgehead atoms. The number of rotatable bonds is 1. The molecule has 90 valence electrons. The molecule has 0 fully saturated rings. The van der Waals surface area contributed by atoms with E-state index in [-0.39, 0.29) is 43.2 Å². The van der Waals surface area contributed by atoms with E-state index in [0.29, 0.717) is 10.4 Å². The Bertz CT molecular complexity index is 422. The Morgan fingerprint density at radius 3 is 2.50 bits per heavy atom. The number of halogens is 3. The van der Waals surface area contributed by atoms with Gasteiger partial charge < -0.3 is 10.2 Å². The second kappa shape index (κ2) is 7.10. The lowest BCUT2D eigenvalue weighted by Crippen LogP contribution is -2.31. The minimum absolute atomic E-state index is 0. The van der Waals surface area contributed by atoms with Crippen molar-refractivity contribution in [1.29, 1.82) is 0 Å². The summed E-state index contributed by atoms with van der Waals surface area (Å²) in [7, 11) is 0. The van der Waals surface area contributed by atoms with Gasteiger partial charge >= 0.3 is 5.95 Å². The summed E-state index contributed by atoms with van der Waals surface area (Å²) in [5, 5.41) is 10.8. The molecule has 16 heavy (non-hydrogen) atoms. The molecule has 0 aromatic carbocycles. The molecule has 0 saturated heterocycles. The molecule has 0 spiro atoms. The van der Waals surface area contributed by atoms with E-state index in [4.69, 9.17) is 5.73 Å². The van der Waals surface area contributed by atoms with Crippen molar-refractivity contribution in [3.05, 3.63) is 30.0 Å². The average Bonchev–Trinajstić information content (AvgIpc) is 2.62. The number of hydrogen-bond acceptors (Lipinski definition) is 4. The van der Waals surface area contributed by atoms with E-state index in [1.54, 1.807) is 12.3 Å². The molecule has 2 aromatic heterocycles. The minimum atomic E-state index is -0.0768. The third kappa shape index (κ3) is 3.41. The highest BCUT2D eigenvalue weighted by Gasteiger charge is 2.07. The summed E-state index contributed by atoms with van der Waals surface area (Å²) in [5.74, 6) is -0.0768. The quantitative estimate of drug-likeness (QED) is 0.603. The number of nitrogen functional groups attached to an aromatic ring is 1. The van der Waals surface area contributed by atoms with Crippen molar-refractivity contribution in [2.24, 2.45) is 0 Å². The maximum absolute atomic E-state index is 10.8. The van der Waals surface area contributed by atoms with Crippen molar-refractivity contribution >= 4 is 43.2 Å². The Morgan fingerprint density at radius 1 is 1.31 bits per heavy atom. The van der Waals surface area contributed by atoms with E-state index in [2.05, 4.69) is 15.0 Å². The summed E-state index contributed by atoms with van der Waals surface area (Å²) in [4.78, 5) is 10.6. The fourth-order valence-electron chi connectivity index (χ4n) is 0.971. The summed E-state index contributed by atoms with van der Waals surface area (Å²) in [6, 6.07) is 1.57. The molecule has 3 N–H and O–H groups in total. The fourth-order valence-corrected chi connectivity index (χ4v) is 0.971. The van der Waals surface area contributed by atoms with E-state index >= 15 is 0 Å². The van der Waals surface area contributed by atoms with Crippen molar-refractivity contribution in [3.63, 3.8) is 0 Å². The largest absolute Gasteiger partial charge is 0.740 e. The Hall–Kier alpha value is -1.24. The number of nitrogens with one attached hydrogen (secondary N) is 1. The maximum Gasteiger partial charge on any atom is 0.390 e. The third-order valence-electron chi connectivity index (χ3n) is 1.60. The normalized spacial score (nSPS) is 8.25. The fraction of sp³-hybridized carbons (Fsp3) is 0. The zero-order valence-corrected chi connectivity index (χ0v) is 10.3. The van der Waals surface area contributed by atoms with Crippen molar-refractivity contribution in [3.8, 4) is 11.4 Å². The molecule has 9 heteroatoms. The van der Waals surface area contributed by atoms with Crippen LogP contribution in [0.15, 0.2) is 24.8 Å². The second-order valence-corrected chi connectivity index (χ2v) is 2.46. The summed E-state index contributed by atoms with van der Waals surface area (Å²) in [6.45, 7) is 0. The van der Waals surface area contributed by atoms with Gasteiger partial charge in [0.2, 0.25) is 0 Å². The Morgan fingerprint density at radius 2 is 2.00 bits per heavy atom. The summed E-state index contributed by atoms with van der Waals surface area (Å²) < 4.78 is 0.500. The standard InChI is InChI=1S/C7H7N5O.3ClH/c8-7-11-5(1-2-12(7)13)6-3-9-4-10-6;;;/h1-4H,(H2,8,11)(H,9,10);3*1H. The van der Waals surface area contributed by atoms with Crippen LogP contribution in [0.4, 0.5) is 5.95 Å². The summed E-state index contributed by atoms with van der Waals surface area (Å²) in [6.07, 6.45) is 4.45. The number of aromatic nitrogens is 4. The molecular formula is C7H10Cl3N5O. The number of imidazole rings is 1. The molecule has 2 heterocycles. The van der Waals surface area contributed by atoms with Crippen LogP contribution in [-0.2, 0) is 0 Å². The molecule has 6 nitrogen and oxygen atoms in total. The number of H-pyrrole nitrogens is 1. The van der Waals surface area contributed by atoms with Gasteiger partial charge in [0.25, 0.3) is 0 Å². The van der Waals surface area contributed by atoms with E-state index in [1.807, 2.05) is 0 Å². The molecule has 0 atom stereocenters. The van der Waals surface area contributed by atoms with E-state index < -0.39 is 0 Å². The van der Waals surface area contributed by atoms with Crippen LogP contribution in [-0.4, -0.2) is 15.0 Å². The molecule has 2 aromatic rings. The Labute approximate surface area is 110 Å². The van der Waals surface area contributed by atoms with Gasteiger partial charge in [0.1, 0.15) is 5.69 Å². The second-order valence-electron chi connectivity index (χ2n) is 2.46. The Balaban J connectivity index is 0. The van der Waals surface area contributed by atoms with Gasteiger partial charge in [0.15, 0.2) is 5.69 Å². The molecule has 0 saturated carbocycles. The molecule has 0 aliphatic carbocycles. The summed E-state index contributed by atoms with van der Waals surface area (Å²) >= 11 is 0. The lowest BCUT2D eigenvalue weighted by atomic mass is 10.3. The maximum atomic E-state index is 10.8. The van der Waals surface area contributed by atoms with Gasteiger partial charge in [-0.3, -0.25) is 5.73 Å². The highest BCUT2D eigenvalue weighted by atomic mass is 35.5. The van der Waals surface area contributed by atoms with E-state index in [0.717, 1.165) is 5.69 Å². The highest BCUT2D eigenvalue weighted by Crippen LogP contribution is 2.11. The number of nitrogens with two attached hydrogens (primary N) is 1. The van der Waals surface area contributed by atoms with Crippen LogP contribution in [0.2, 0.25) is 0 Å². The van der Waals surface area contributed by atoms with Gasteiger partial charge in [-0.25, -0.2) is 9.71 Å². The van der Waals surface area contributed by atoms with Crippen molar-refractivity contribution < 1.29 is 4.73 Å². The van der Waals surface area contributed by atoms with Gasteiger partial charge in [0.05, 0.1) is 18.7 Å². The molecule has 2 rings (SSSR count). The van der Waals surface area contributed by atoms with Crippen molar-refractivity contribution in [2.45, 2.75) is 0 Å². The van der Waals surface area contributed by atoms with Crippen molar-refractivity contribution in [2.75, 3.05) is 5.73 Å². The monoisotopic (exact) mass is 285 g/mol. The predicted octanol–water partition coefficient (Wildman–Crippen LogP) is 0.953. The third-order valence-corrected chi connectivity index (χ3v) is 1.60. The van der Waals surface area contributed by atoms with Crippen LogP contribution in [0.3, 0.4) is 0 Å². The zero-order valence-electron chi connectivity index (χ0n) is 7.86. The van der Waals surface area contributed by atoms with E-state index in [9.17, 15) is 5.21 Å². The average molecular weight is 287 g/mol. The zero-order chi connectivity index (χ0) is 9.26. The van der Waals surface area contributed by atoms with Crippen LogP contribution in [0.5, 0.6) is 0 Å². The first kappa shape index (κ1) is 17.2. The predicted molar refractivity (Wildman–Crippen MR) is 66.9 cm³/mol. The number of nitrogens with zero attached hydrogens (tertiary/aromatic N) is 3. The first-order valence-corrected chi connectivity index (χ1v) is 3.62. The van der Waals surface area contributed by atoms with Gasteiger partial charge in [-0.15, -0.1) is 37.2 Å². The highest BCUT2D eigenvalue weighted by molar-refractivity contribution is 5.86. The van der Waals surface area contributed by atoms with Crippen LogP contribution < -0.4 is 10.5 Å². The molecule has 0 aliphatic heterocycles. The van der Waals surface area contributed by atoms with Crippen molar-refractivity contribution in [1.82, 2.24) is 15.0 Å². The number of aromatic amines is 1. The number of hydrogen-bond donors (Lipinski definition) is 2. The number of anilines is 1. The van der Waals surface area contributed by atoms with Crippen LogP contribution >= 0.6 is 37.2 Å². The molecule has 0 amide bonds. The van der Waals surface area contributed by atoms with Crippen LogP contribution in [0, 0.1) is 5.21 Å². The Kier molecular flexibility index (Phi) is 7.62. The topological polar surface area (TPSA) is 94.5 Å². The van der Waals surface area contributed by atoms with Gasteiger partial charge in [-0.05, 0) is 0 Å². The smallest absolute Gasteiger partial charge is 0.390 e. The lowest BCUT2D eigenvalue weighted by molar-refractivity contribution is -0.592. The van der Waals surface area contributed by atoms with Gasteiger partial charge in [0, 0.05) is 6.07 Å². The van der Waals surface area contributed by atoms with Crippen LogP contribution in [0.25, 0.3) is 11.4 Å². The van der Waals surface area contributed by atoms with Crippen LogP contribution in [0.1, 0.15) is 0 Å². The molecule has 0 aliphatic rings. The van der Waals surface area contributed by atoms with E-state index in [1.165, 1.54) is 12.5 Å². The molecule has 0 unspecified atom stereocenters. The summed E-state index contributed by atoms with van der Waals surface area (Å²) in [5.41, 5.74) is 6.66. The lowest BCUT2D eigenvalue weighted by Gasteiger charge is -2.03. The van der Waals surface area contributed by atoms with Gasteiger partial charge in [-0.1, -0.05) is 4.98 Å². The first-order chi connectivity index (χ1) is 6.27.